The van der Waals surface area contributed by atoms with E-state index in [0.717, 1.165) is 45.3 Å². The number of nitrogen functional groups attached to an aromatic ring is 1. The van der Waals surface area contributed by atoms with Crippen LogP contribution in [0.2, 0.25) is 0 Å². The van der Waals surface area contributed by atoms with Crippen molar-refractivity contribution in [1.29, 1.82) is 0 Å². The predicted octanol–water partition coefficient (Wildman–Crippen LogP) is 6.62. The van der Waals surface area contributed by atoms with Crippen molar-refractivity contribution in [3.05, 3.63) is 90.4 Å². The van der Waals surface area contributed by atoms with E-state index in [-0.39, 0.29) is 5.91 Å². The lowest BCUT2D eigenvalue weighted by Gasteiger charge is -2.10. The van der Waals surface area contributed by atoms with Gasteiger partial charge in [-0.15, -0.1) is 0 Å². The summed E-state index contributed by atoms with van der Waals surface area (Å²) in [6.07, 6.45) is 9.84. The van der Waals surface area contributed by atoms with Crippen LogP contribution < -0.4 is 16.4 Å². The van der Waals surface area contributed by atoms with Crippen molar-refractivity contribution in [2.75, 3.05) is 16.4 Å². The number of carbonyl (C=O) groups is 1. The second kappa shape index (κ2) is 9.71. The van der Waals surface area contributed by atoms with Crippen molar-refractivity contribution >= 4 is 45.1 Å². The Balaban J connectivity index is 1.15. The van der Waals surface area contributed by atoms with E-state index in [1.165, 1.54) is 18.4 Å². The summed E-state index contributed by atoms with van der Waals surface area (Å²) >= 11 is 1.57. The fourth-order valence-corrected chi connectivity index (χ4v) is 5.46. The minimum atomic E-state index is -0.209. The van der Waals surface area contributed by atoms with Gasteiger partial charge in [-0.05, 0) is 79.1 Å². The van der Waals surface area contributed by atoms with Gasteiger partial charge in [-0.2, -0.15) is 0 Å². The molecule has 6 rings (SSSR count). The van der Waals surface area contributed by atoms with Crippen LogP contribution in [-0.4, -0.2) is 20.3 Å². The van der Waals surface area contributed by atoms with Crippen LogP contribution in [0.25, 0.3) is 16.2 Å². The van der Waals surface area contributed by atoms with Crippen LogP contribution in [0.15, 0.2) is 79.3 Å². The molecule has 0 spiro atoms. The first-order chi connectivity index (χ1) is 18.0. The molecule has 4 N–H and O–H groups in total. The van der Waals surface area contributed by atoms with Crippen LogP contribution in [0.4, 0.5) is 22.2 Å². The fourth-order valence-electron chi connectivity index (χ4n) is 4.62. The smallest absolute Gasteiger partial charge is 0.255 e. The second-order valence-corrected chi connectivity index (χ2v) is 10.7. The lowest BCUT2D eigenvalue weighted by Crippen LogP contribution is -2.13. The van der Waals surface area contributed by atoms with Crippen molar-refractivity contribution in [3.8, 4) is 10.6 Å². The maximum absolute atomic E-state index is 12.6. The number of carbonyl (C=O) groups excluding carboxylic acids is 1. The molecule has 0 bridgehead atoms. The monoisotopic (exact) mass is 508 g/mol. The average molecular weight is 509 g/mol. The number of aromatic nitrogens is 3. The number of pyridine rings is 1. The van der Waals surface area contributed by atoms with Crippen molar-refractivity contribution in [2.24, 2.45) is 11.8 Å². The molecule has 8 heteroatoms. The summed E-state index contributed by atoms with van der Waals surface area (Å²) in [6, 6.07) is 18.8. The molecule has 37 heavy (non-hydrogen) atoms. The summed E-state index contributed by atoms with van der Waals surface area (Å²) in [6.45, 7) is 2.36. The van der Waals surface area contributed by atoms with E-state index >= 15 is 0 Å². The van der Waals surface area contributed by atoms with Crippen LogP contribution >= 0.6 is 11.3 Å². The van der Waals surface area contributed by atoms with Crippen LogP contribution in [-0.2, 0) is 6.42 Å². The number of para-hydroxylation sites is 2. The first-order valence-electron chi connectivity index (χ1n) is 12.5. The van der Waals surface area contributed by atoms with Gasteiger partial charge in [-0.3, -0.25) is 9.20 Å². The third-order valence-electron chi connectivity index (χ3n) is 6.92. The molecular formula is C29H28N6OS. The van der Waals surface area contributed by atoms with Gasteiger partial charge in [0.25, 0.3) is 5.91 Å². The van der Waals surface area contributed by atoms with Crippen LogP contribution in [0.1, 0.15) is 35.7 Å². The highest BCUT2D eigenvalue weighted by Crippen LogP contribution is 2.38. The Morgan fingerprint density at radius 3 is 2.68 bits per heavy atom. The first kappa shape index (κ1) is 23.2. The van der Waals surface area contributed by atoms with E-state index in [2.05, 4.69) is 50.3 Å². The SMILES string of the molecule is CC(Cc1ccc2ncc(-c3cnc(Nc4ccc(C(=O)Nc5ccccc5N)cc4)s3)n2c1)C1CC1. The number of hydrogen-bond acceptors (Lipinski definition) is 6. The van der Waals surface area contributed by atoms with E-state index in [4.69, 9.17) is 5.73 Å². The summed E-state index contributed by atoms with van der Waals surface area (Å²) in [5, 5.41) is 6.97. The van der Waals surface area contributed by atoms with Crippen molar-refractivity contribution in [2.45, 2.75) is 26.2 Å². The minimum absolute atomic E-state index is 0.209. The molecule has 0 saturated heterocycles. The van der Waals surface area contributed by atoms with Crippen molar-refractivity contribution in [3.63, 3.8) is 0 Å². The molecule has 1 aliphatic carbocycles. The van der Waals surface area contributed by atoms with Gasteiger partial charge in [-0.25, -0.2) is 9.97 Å². The zero-order valence-corrected chi connectivity index (χ0v) is 21.3. The molecule has 3 heterocycles. The average Bonchev–Trinajstić information content (AvgIpc) is 3.53. The summed E-state index contributed by atoms with van der Waals surface area (Å²) in [7, 11) is 0. The number of anilines is 4. The number of hydrogen-bond donors (Lipinski definition) is 3. The standard InChI is InChI=1S/C29H28N6OS/c1-18(20-7-8-20)14-19-6-13-27-31-15-25(35(27)17-19)26-16-32-29(37-26)33-22-11-9-21(10-12-22)28(36)34-24-5-3-2-4-23(24)30/h2-6,9-13,15-18,20H,7-8,14,30H2,1H3,(H,32,33)(H,34,36). The summed E-state index contributed by atoms with van der Waals surface area (Å²) < 4.78 is 2.17. The zero-order valence-electron chi connectivity index (χ0n) is 20.5. The molecule has 1 amide bonds. The van der Waals surface area contributed by atoms with Crippen LogP contribution in [0.5, 0.6) is 0 Å². The van der Waals surface area contributed by atoms with Crippen LogP contribution in [0, 0.1) is 11.8 Å². The predicted molar refractivity (Wildman–Crippen MR) is 150 cm³/mol. The number of fused-ring (bicyclic) bond motifs is 1. The van der Waals surface area contributed by atoms with Gasteiger partial charge >= 0.3 is 0 Å². The quantitative estimate of drug-likeness (QED) is 0.205. The molecule has 3 aromatic heterocycles. The van der Waals surface area contributed by atoms with Crippen LogP contribution in [0.3, 0.4) is 0 Å². The van der Waals surface area contributed by atoms with Gasteiger partial charge in [-0.1, -0.05) is 36.5 Å². The molecule has 7 nitrogen and oxygen atoms in total. The number of thiazole rings is 1. The Bertz CT molecular complexity index is 1570. The van der Waals surface area contributed by atoms with Gasteiger partial charge in [0.05, 0.1) is 28.1 Å². The highest BCUT2D eigenvalue weighted by Gasteiger charge is 2.27. The summed E-state index contributed by atoms with van der Waals surface area (Å²) in [5.74, 6) is 1.40. The summed E-state index contributed by atoms with van der Waals surface area (Å²) in [5.41, 5.74) is 11.8. The molecule has 1 aliphatic rings. The minimum Gasteiger partial charge on any atom is -0.397 e. The molecule has 186 valence electrons. The molecule has 0 aliphatic heterocycles. The molecule has 1 fully saturated rings. The maximum atomic E-state index is 12.6. The Morgan fingerprint density at radius 1 is 1.08 bits per heavy atom. The number of imidazole rings is 1. The fraction of sp³-hybridized carbons (Fsp3) is 0.207. The summed E-state index contributed by atoms with van der Waals surface area (Å²) in [4.78, 5) is 22.8. The van der Waals surface area contributed by atoms with Gasteiger partial charge in [0, 0.05) is 23.6 Å². The Kier molecular flexibility index (Phi) is 6.10. The lowest BCUT2D eigenvalue weighted by atomic mass is 9.98. The molecule has 1 atom stereocenters. The molecule has 5 aromatic rings. The molecule has 1 unspecified atom stereocenters. The third-order valence-corrected chi connectivity index (χ3v) is 7.85. The highest BCUT2D eigenvalue weighted by atomic mass is 32.1. The largest absolute Gasteiger partial charge is 0.397 e. The molecule has 2 aromatic carbocycles. The number of benzene rings is 2. The molecule has 0 radical (unpaired) electrons. The van der Waals surface area contributed by atoms with Gasteiger partial charge in [0.1, 0.15) is 5.65 Å². The van der Waals surface area contributed by atoms with E-state index in [0.29, 0.717) is 16.9 Å². The Hall–Kier alpha value is -4.17. The van der Waals surface area contributed by atoms with Gasteiger partial charge < -0.3 is 16.4 Å². The van der Waals surface area contributed by atoms with E-state index < -0.39 is 0 Å². The van der Waals surface area contributed by atoms with Gasteiger partial charge in [0.2, 0.25) is 0 Å². The number of amides is 1. The van der Waals surface area contributed by atoms with Crippen molar-refractivity contribution < 1.29 is 4.79 Å². The number of nitrogens with zero attached hydrogens (tertiary/aromatic N) is 3. The maximum Gasteiger partial charge on any atom is 0.255 e. The number of nitrogens with one attached hydrogen (secondary N) is 2. The topological polar surface area (TPSA) is 97.3 Å². The van der Waals surface area contributed by atoms with Gasteiger partial charge in [0.15, 0.2) is 5.13 Å². The molecular weight excluding hydrogens is 480 g/mol. The zero-order chi connectivity index (χ0) is 25.4. The van der Waals surface area contributed by atoms with E-state index in [1.807, 2.05) is 36.7 Å². The Morgan fingerprint density at radius 2 is 1.89 bits per heavy atom. The van der Waals surface area contributed by atoms with E-state index in [1.54, 1.807) is 35.6 Å². The van der Waals surface area contributed by atoms with E-state index in [9.17, 15) is 4.79 Å². The number of nitrogens with two attached hydrogens (primary N) is 1. The van der Waals surface area contributed by atoms with Crippen molar-refractivity contribution in [1.82, 2.24) is 14.4 Å². The normalized spacial score (nSPS) is 14.0. The molecule has 1 saturated carbocycles. The third kappa shape index (κ3) is 5.06. The second-order valence-electron chi connectivity index (χ2n) is 9.70. The highest BCUT2D eigenvalue weighted by molar-refractivity contribution is 7.18. The lowest BCUT2D eigenvalue weighted by molar-refractivity contribution is 0.102. The Labute approximate surface area is 219 Å². The number of rotatable bonds is 8. The first-order valence-corrected chi connectivity index (χ1v) is 13.3.